The zero-order valence-corrected chi connectivity index (χ0v) is 21.9. The lowest BCUT2D eigenvalue weighted by Crippen LogP contribution is -2.13. The number of nitrogens with two attached hydrogens (primary N) is 1. The number of allylic oxidation sites excluding steroid dienone is 1. The van der Waals surface area contributed by atoms with Crippen LogP contribution in [0.15, 0.2) is 83.7 Å². The van der Waals surface area contributed by atoms with Crippen molar-refractivity contribution in [1.82, 2.24) is 9.97 Å². The second-order valence-electron chi connectivity index (χ2n) is 10.3. The number of aliphatic imine (C=N–C) groups is 1. The number of amides is 1. The first-order chi connectivity index (χ1) is 19.8. The number of hydrogen-bond acceptors (Lipinski definition) is 6. The van der Waals surface area contributed by atoms with Crippen LogP contribution in [0.1, 0.15) is 53.1 Å². The number of halogens is 3. The maximum atomic E-state index is 13.1. The molecule has 6 rings (SSSR count). The Balaban J connectivity index is 1.26. The van der Waals surface area contributed by atoms with Crippen molar-refractivity contribution in [1.29, 1.82) is 0 Å². The number of carbonyl (C=O) groups is 1. The number of hydrogen-bond donors (Lipinski definition) is 3. The highest BCUT2D eigenvalue weighted by Gasteiger charge is 2.31. The third-order valence-electron chi connectivity index (χ3n) is 7.08. The lowest BCUT2D eigenvalue weighted by Gasteiger charge is -2.14. The molecule has 10 heteroatoms. The standard InChI is InChI=1S/C31H27F3N6O/c32-31(33,34)22-2-1-3-24(14-22)38-29(41)20-6-10-26(18-4-5-18)27(13-20)19-7-11-28-21(12-19)16-37-30(40-28)39-25(15-35)17-36-23-8-9-23/h1-3,6-7,10-18,23H,4-5,8-9,35H2,(H,38,41)(H,37,39,40). The van der Waals surface area contributed by atoms with Crippen molar-refractivity contribution in [2.75, 3.05) is 10.6 Å². The number of nitrogens with zero attached hydrogens (tertiary/aromatic N) is 3. The molecule has 1 amide bonds. The van der Waals surface area contributed by atoms with E-state index in [0.29, 0.717) is 29.2 Å². The van der Waals surface area contributed by atoms with Crippen LogP contribution in [0.25, 0.3) is 22.0 Å². The molecule has 4 aromatic rings. The summed E-state index contributed by atoms with van der Waals surface area (Å²) in [5.41, 5.74) is 9.61. The molecule has 4 N–H and O–H groups in total. The van der Waals surface area contributed by atoms with Crippen molar-refractivity contribution in [3.05, 3.63) is 95.4 Å². The quantitative estimate of drug-likeness (QED) is 0.205. The summed E-state index contributed by atoms with van der Waals surface area (Å²) >= 11 is 0. The summed E-state index contributed by atoms with van der Waals surface area (Å²) in [5.74, 6) is 0.320. The number of alkyl halides is 3. The van der Waals surface area contributed by atoms with Crippen LogP contribution in [0, 0.1) is 0 Å². The minimum Gasteiger partial charge on any atom is -0.403 e. The van der Waals surface area contributed by atoms with Crippen molar-refractivity contribution < 1.29 is 18.0 Å². The van der Waals surface area contributed by atoms with Gasteiger partial charge < -0.3 is 16.4 Å². The SMILES string of the molecule is NC=C(C=NC1CC1)Nc1ncc2cc(-c3cc(C(=O)Nc4cccc(C(F)(F)F)c4)ccc3C3CC3)ccc2n1. The van der Waals surface area contributed by atoms with E-state index in [1.54, 1.807) is 24.5 Å². The molecule has 1 aromatic heterocycles. The molecule has 0 radical (unpaired) electrons. The molecule has 3 aromatic carbocycles. The minimum atomic E-state index is -4.50. The largest absolute Gasteiger partial charge is 0.416 e. The maximum absolute atomic E-state index is 13.1. The number of fused-ring (bicyclic) bond motifs is 1. The Bertz CT molecular complexity index is 1690. The van der Waals surface area contributed by atoms with E-state index in [2.05, 4.69) is 25.6 Å². The van der Waals surface area contributed by atoms with E-state index in [9.17, 15) is 18.0 Å². The molecule has 0 spiro atoms. The van der Waals surface area contributed by atoms with Crippen LogP contribution in [-0.4, -0.2) is 28.1 Å². The summed E-state index contributed by atoms with van der Waals surface area (Å²) < 4.78 is 39.4. The van der Waals surface area contributed by atoms with Crippen LogP contribution in [0.5, 0.6) is 0 Å². The highest BCUT2D eigenvalue weighted by Crippen LogP contribution is 2.45. The second kappa shape index (κ2) is 10.7. The lowest BCUT2D eigenvalue weighted by molar-refractivity contribution is -0.137. The summed E-state index contributed by atoms with van der Waals surface area (Å²) in [4.78, 5) is 26.5. The molecule has 41 heavy (non-hydrogen) atoms. The smallest absolute Gasteiger partial charge is 0.403 e. The maximum Gasteiger partial charge on any atom is 0.416 e. The van der Waals surface area contributed by atoms with Crippen LogP contribution in [0.4, 0.5) is 24.8 Å². The van der Waals surface area contributed by atoms with Gasteiger partial charge in [0.1, 0.15) is 0 Å². The molecule has 2 fully saturated rings. The van der Waals surface area contributed by atoms with Crippen LogP contribution < -0.4 is 16.4 Å². The van der Waals surface area contributed by atoms with E-state index in [4.69, 9.17) is 5.73 Å². The van der Waals surface area contributed by atoms with Crippen molar-refractivity contribution in [2.45, 2.75) is 43.8 Å². The first-order valence-corrected chi connectivity index (χ1v) is 13.4. The highest BCUT2D eigenvalue weighted by atomic mass is 19.4. The summed E-state index contributed by atoms with van der Waals surface area (Å²) in [5, 5.41) is 6.51. The van der Waals surface area contributed by atoms with Gasteiger partial charge in [0.2, 0.25) is 5.95 Å². The van der Waals surface area contributed by atoms with Gasteiger partial charge in [-0.15, -0.1) is 0 Å². The van der Waals surface area contributed by atoms with Gasteiger partial charge in [0, 0.05) is 35.2 Å². The Kier molecular flexibility index (Phi) is 6.90. The summed E-state index contributed by atoms with van der Waals surface area (Å²) in [6, 6.07) is 16.2. The van der Waals surface area contributed by atoms with E-state index in [0.717, 1.165) is 65.4 Å². The summed E-state index contributed by atoms with van der Waals surface area (Å²) in [6.45, 7) is 0. The van der Waals surface area contributed by atoms with Crippen LogP contribution in [0.2, 0.25) is 0 Å². The molecular formula is C31H27F3N6O. The van der Waals surface area contributed by atoms with Gasteiger partial charge in [-0.3, -0.25) is 9.79 Å². The zero-order chi connectivity index (χ0) is 28.6. The molecule has 7 nitrogen and oxygen atoms in total. The van der Waals surface area contributed by atoms with E-state index >= 15 is 0 Å². The molecular weight excluding hydrogens is 529 g/mol. The van der Waals surface area contributed by atoms with E-state index in [1.165, 1.54) is 18.3 Å². The van der Waals surface area contributed by atoms with Gasteiger partial charge in [-0.05, 0) is 90.8 Å². The Morgan fingerprint density at radius 2 is 1.83 bits per heavy atom. The molecule has 0 saturated heterocycles. The van der Waals surface area contributed by atoms with Crippen molar-refractivity contribution in [2.24, 2.45) is 10.7 Å². The fraction of sp³-hybridized carbons (Fsp3) is 0.226. The summed E-state index contributed by atoms with van der Waals surface area (Å²) in [7, 11) is 0. The molecule has 0 unspecified atom stereocenters. The minimum absolute atomic E-state index is 0.0800. The molecule has 0 bridgehead atoms. The normalized spacial score (nSPS) is 15.8. The average Bonchev–Trinajstić information content (AvgIpc) is 3.89. The average molecular weight is 557 g/mol. The van der Waals surface area contributed by atoms with Gasteiger partial charge in [0.05, 0.1) is 22.8 Å². The Hall–Kier alpha value is -4.73. The molecule has 208 valence electrons. The predicted octanol–water partition coefficient (Wildman–Crippen LogP) is 6.89. The van der Waals surface area contributed by atoms with Crippen molar-refractivity contribution in [3.63, 3.8) is 0 Å². The van der Waals surface area contributed by atoms with Gasteiger partial charge >= 0.3 is 6.18 Å². The van der Waals surface area contributed by atoms with Gasteiger partial charge in [0.15, 0.2) is 0 Å². The fourth-order valence-corrected chi connectivity index (χ4v) is 4.59. The first-order valence-electron chi connectivity index (χ1n) is 13.4. The van der Waals surface area contributed by atoms with E-state index < -0.39 is 17.6 Å². The number of rotatable bonds is 8. The predicted molar refractivity (Wildman–Crippen MR) is 154 cm³/mol. The topological polar surface area (TPSA) is 105 Å². The third kappa shape index (κ3) is 6.21. The summed E-state index contributed by atoms with van der Waals surface area (Å²) in [6.07, 6.45) is 4.67. The van der Waals surface area contributed by atoms with Crippen LogP contribution >= 0.6 is 0 Å². The zero-order valence-electron chi connectivity index (χ0n) is 21.9. The molecule has 0 atom stereocenters. The van der Waals surface area contributed by atoms with Gasteiger partial charge in [-0.2, -0.15) is 13.2 Å². The molecule has 0 aliphatic heterocycles. The highest BCUT2D eigenvalue weighted by molar-refractivity contribution is 6.05. The number of benzene rings is 3. The third-order valence-corrected chi connectivity index (χ3v) is 7.08. The van der Waals surface area contributed by atoms with Crippen LogP contribution in [-0.2, 0) is 6.18 Å². The molecule has 2 aliphatic carbocycles. The van der Waals surface area contributed by atoms with Crippen molar-refractivity contribution in [3.8, 4) is 11.1 Å². The second-order valence-corrected chi connectivity index (χ2v) is 10.3. The Labute approximate surface area is 234 Å². The number of carbonyl (C=O) groups excluding carboxylic acids is 1. The van der Waals surface area contributed by atoms with Crippen molar-refractivity contribution >= 4 is 34.7 Å². The van der Waals surface area contributed by atoms with Gasteiger partial charge in [-0.25, -0.2) is 9.97 Å². The van der Waals surface area contributed by atoms with Gasteiger partial charge in [-0.1, -0.05) is 18.2 Å². The van der Waals surface area contributed by atoms with Crippen LogP contribution in [0.3, 0.4) is 0 Å². The van der Waals surface area contributed by atoms with E-state index in [-0.39, 0.29) is 5.69 Å². The number of nitrogens with one attached hydrogen (secondary N) is 2. The lowest BCUT2D eigenvalue weighted by atomic mass is 9.93. The molecule has 2 aliphatic rings. The number of anilines is 2. The number of aromatic nitrogens is 2. The monoisotopic (exact) mass is 556 g/mol. The fourth-order valence-electron chi connectivity index (χ4n) is 4.59. The Morgan fingerprint density at radius 1 is 1.00 bits per heavy atom. The Morgan fingerprint density at radius 3 is 2.56 bits per heavy atom. The first kappa shape index (κ1) is 26.5. The van der Waals surface area contributed by atoms with Gasteiger partial charge in [0.25, 0.3) is 5.91 Å². The van der Waals surface area contributed by atoms with E-state index in [1.807, 2.05) is 24.3 Å². The molecule has 1 heterocycles. The molecule has 2 saturated carbocycles.